The predicted molar refractivity (Wildman–Crippen MR) is 45.7 cm³/mol. The first kappa shape index (κ1) is 8.27. The highest BCUT2D eigenvalue weighted by atomic mass is 16.5. The highest BCUT2D eigenvalue weighted by Crippen LogP contribution is 2.08. The van der Waals surface area contributed by atoms with Gasteiger partial charge in [0.2, 0.25) is 0 Å². The second-order valence-electron chi connectivity index (χ2n) is 2.66. The van der Waals surface area contributed by atoms with E-state index < -0.39 is 0 Å². The van der Waals surface area contributed by atoms with Crippen molar-refractivity contribution >= 4 is 6.40 Å². The zero-order chi connectivity index (χ0) is 8.10. The lowest BCUT2D eigenvalue weighted by Crippen LogP contribution is -2.24. The van der Waals surface area contributed by atoms with Crippen molar-refractivity contribution in [2.24, 2.45) is 4.99 Å². The summed E-state index contributed by atoms with van der Waals surface area (Å²) in [5.41, 5.74) is 0. The molecule has 1 heterocycles. The largest absolute Gasteiger partial charge is 0.451 e. The SMILES string of the molecule is CN=COC1=CCN(C)CC1. The van der Waals surface area contributed by atoms with E-state index in [2.05, 4.69) is 23.0 Å². The van der Waals surface area contributed by atoms with Gasteiger partial charge in [-0.1, -0.05) is 0 Å². The molecule has 0 spiro atoms. The molecular weight excluding hydrogens is 140 g/mol. The molecule has 0 atom stereocenters. The van der Waals surface area contributed by atoms with Crippen molar-refractivity contribution < 1.29 is 4.74 Å². The van der Waals surface area contributed by atoms with Crippen molar-refractivity contribution in [1.82, 2.24) is 4.90 Å². The van der Waals surface area contributed by atoms with Gasteiger partial charge >= 0.3 is 0 Å². The molecule has 0 unspecified atom stereocenters. The molecule has 0 N–H and O–H groups in total. The van der Waals surface area contributed by atoms with Gasteiger partial charge in [-0.15, -0.1) is 0 Å². The number of likely N-dealkylation sites (N-methyl/N-ethyl adjacent to an activating group) is 1. The van der Waals surface area contributed by atoms with E-state index in [9.17, 15) is 0 Å². The number of aliphatic imine (C=N–C) groups is 1. The second-order valence-corrected chi connectivity index (χ2v) is 2.66. The first-order chi connectivity index (χ1) is 5.33. The lowest BCUT2D eigenvalue weighted by atomic mass is 10.2. The zero-order valence-electron chi connectivity index (χ0n) is 7.08. The van der Waals surface area contributed by atoms with Crippen molar-refractivity contribution in [2.75, 3.05) is 27.2 Å². The van der Waals surface area contributed by atoms with Gasteiger partial charge in [0.25, 0.3) is 0 Å². The number of rotatable bonds is 2. The van der Waals surface area contributed by atoms with E-state index >= 15 is 0 Å². The highest BCUT2D eigenvalue weighted by Gasteiger charge is 2.06. The van der Waals surface area contributed by atoms with E-state index in [-0.39, 0.29) is 0 Å². The standard InChI is InChI=1S/C8H14N2O/c1-9-7-11-8-3-5-10(2)6-4-8/h3,7H,4-6H2,1-2H3. The van der Waals surface area contributed by atoms with Gasteiger partial charge < -0.3 is 9.64 Å². The van der Waals surface area contributed by atoms with Crippen LogP contribution >= 0.6 is 0 Å². The Morgan fingerprint density at radius 3 is 3.09 bits per heavy atom. The highest BCUT2D eigenvalue weighted by molar-refractivity contribution is 5.48. The molecule has 1 aliphatic heterocycles. The van der Waals surface area contributed by atoms with Crippen LogP contribution in [0.4, 0.5) is 0 Å². The first-order valence-corrected chi connectivity index (χ1v) is 3.78. The van der Waals surface area contributed by atoms with E-state index in [1.165, 1.54) is 6.40 Å². The van der Waals surface area contributed by atoms with Gasteiger partial charge in [-0.3, -0.25) is 4.99 Å². The summed E-state index contributed by atoms with van der Waals surface area (Å²) in [6.07, 6.45) is 4.56. The summed E-state index contributed by atoms with van der Waals surface area (Å²) in [5.74, 6) is 1.04. The molecule has 0 saturated carbocycles. The van der Waals surface area contributed by atoms with Crippen LogP contribution in [0.1, 0.15) is 6.42 Å². The van der Waals surface area contributed by atoms with Gasteiger partial charge in [0.05, 0.1) is 0 Å². The number of nitrogens with zero attached hydrogens (tertiary/aromatic N) is 2. The first-order valence-electron chi connectivity index (χ1n) is 3.78. The van der Waals surface area contributed by atoms with E-state index in [1.54, 1.807) is 7.05 Å². The Labute approximate surface area is 67.4 Å². The van der Waals surface area contributed by atoms with Crippen LogP contribution in [0.15, 0.2) is 16.8 Å². The third-order valence-corrected chi connectivity index (χ3v) is 1.68. The molecule has 0 fully saturated rings. The fourth-order valence-electron chi connectivity index (χ4n) is 0.979. The summed E-state index contributed by atoms with van der Waals surface area (Å²) in [4.78, 5) is 5.99. The summed E-state index contributed by atoms with van der Waals surface area (Å²) in [6, 6.07) is 0. The number of ether oxygens (including phenoxy) is 1. The van der Waals surface area contributed by atoms with Gasteiger partial charge in [0.1, 0.15) is 5.76 Å². The van der Waals surface area contributed by atoms with Crippen LogP contribution in [0.5, 0.6) is 0 Å². The maximum absolute atomic E-state index is 5.22. The van der Waals surface area contributed by atoms with Crippen LogP contribution in [0.3, 0.4) is 0 Å². The lowest BCUT2D eigenvalue weighted by molar-refractivity contribution is 0.303. The molecule has 0 amide bonds. The Hall–Kier alpha value is -0.830. The minimum absolute atomic E-state index is 0.979. The van der Waals surface area contributed by atoms with Crippen molar-refractivity contribution in [2.45, 2.75) is 6.42 Å². The van der Waals surface area contributed by atoms with Crippen LogP contribution in [0, 0.1) is 0 Å². The third kappa shape index (κ3) is 2.72. The molecule has 1 rings (SSSR count). The molecule has 0 aromatic carbocycles. The van der Waals surface area contributed by atoms with Crippen LogP contribution in [-0.2, 0) is 4.74 Å². The van der Waals surface area contributed by atoms with Crippen molar-refractivity contribution in [3.63, 3.8) is 0 Å². The third-order valence-electron chi connectivity index (χ3n) is 1.68. The normalized spacial score (nSPS) is 20.4. The van der Waals surface area contributed by atoms with Crippen molar-refractivity contribution in [3.8, 4) is 0 Å². The number of hydrogen-bond donors (Lipinski definition) is 0. The maximum atomic E-state index is 5.22. The Kier molecular flexibility index (Phi) is 3.11. The van der Waals surface area contributed by atoms with Gasteiger partial charge in [0.15, 0.2) is 6.40 Å². The summed E-state index contributed by atoms with van der Waals surface area (Å²) in [6.45, 7) is 2.05. The molecular formula is C8H14N2O. The fraction of sp³-hybridized carbons (Fsp3) is 0.625. The molecule has 3 heteroatoms. The van der Waals surface area contributed by atoms with E-state index in [4.69, 9.17) is 4.74 Å². The summed E-state index contributed by atoms with van der Waals surface area (Å²) < 4.78 is 5.22. The zero-order valence-corrected chi connectivity index (χ0v) is 7.08. The van der Waals surface area contributed by atoms with Crippen molar-refractivity contribution in [1.29, 1.82) is 0 Å². The fourth-order valence-corrected chi connectivity index (χ4v) is 0.979. The molecule has 0 radical (unpaired) electrons. The smallest absolute Gasteiger partial charge is 0.175 e. The molecule has 11 heavy (non-hydrogen) atoms. The quantitative estimate of drug-likeness (QED) is 0.435. The summed E-state index contributed by atoms with van der Waals surface area (Å²) in [5, 5.41) is 0. The molecule has 0 bridgehead atoms. The molecule has 0 aromatic rings. The van der Waals surface area contributed by atoms with Crippen LogP contribution in [-0.4, -0.2) is 38.5 Å². The lowest BCUT2D eigenvalue weighted by Gasteiger charge is -2.20. The van der Waals surface area contributed by atoms with Gasteiger partial charge in [0, 0.05) is 26.6 Å². The van der Waals surface area contributed by atoms with Crippen LogP contribution < -0.4 is 0 Å². The Morgan fingerprint density at radius 2 is 2.55 bits per heavy atom. The Bertz CT molecular complexity index is 175. The van der Waals surface area contributed by atoms with Crippen LogP contribution in [0.25, 0.3) is 0 Å². The summed E-state index contributed by atoms with van der Waals surface area (Å²) in [7, 11) is 3.80. The molecule has 62 valence electrons. The molecule has 1 aliphatic rings. The van der Waals surface area contributed by atoms with E-state index in [0.717, 1.165) is 25.3 Å². The molecule has 0 saturated heterocycles. The average Bonchev–Trinajstić information content (AvgIpc) is 2.04. The topological polar surface area (TPSA) is 24.8 Å². The summed E-state index contributed by atoms with van der Waals surface area (Å²) >= 11 is 0. The van der Waals surface area contributed by atoms with E-state index in [1.807, 2.05) is 0 Å². The molecule has 0 aromatic heterocycles. The average molecular weight is 154 g/mol. The van der Waals surface area contributed by atoms with Gasteiger partial charge in [-0.25, -0.2) is 0 Å². The Balaban J connectivity index is 2.35. The Morgan fingerprint density at radius 1 is 1.73 bits per heavy atom. The number of hydrogen-bond acceptors (Lipinski definition) is 3. The van der Waals surface area contributed by atoms with Crippen LogP contribution in [0.2, 0.25) is 0 Å². The molecule has 0 aliphatic carbocycles. The second kappa shape index (κ2) is 4.13. The van der Waals surface area contributed by atoms with E-state index in [0.29, 0.717) is 0 Å². The van der Waals surface area contributed by atoms with Gasteiger partial charge in [-0.2, -0.15) is 0 Å². The van der Waals surface area contributed by atoms with Crippen molar-refractivity contribution in [3.05, 3.63) is 11.8 Å². The predicted octanol–water partition coefficient (Wildman–Crippen LogP) is 0.880. The minimum Gasteiger partial charge on any atom is -0.451 e. The maximum Gasteiger partial charge on any atom is 0.175 e. The monoisotopic (exact) mass is 154 g/mol. The minimum atomic E-state index is 0.979. The van der Waals surface area contributed by atoms with Gasteiger partial charge in [-0.05, 0) is 13.1 Å². The molecule has 3 nitrogen and oxygen atoms in total.